The standard InChI is InChI=1S/C9H12ClNS/c1-11(2)9-5-3-8(4-6-9)7-12-10/h3-6H,7H2,1-2H3. The van der Waals surface area contributed by atoms with Gasteiger partial charge in [-0.1, -0.05) is 23.1 Å². The molecule has 1 nitrogen and oxygen atoms in total. The number of benzene rings is 1. The summed E-state index contributed by atoms with van der Waals surface area (Å²) in [5, 5.41) is 0. The number of nitrogens with zero attached hydrogens (tertiary/aromatic N) is 1. The average Bonchev–Trinajstić information content (AvgIpc) is 2.06. The highest BCUT2D eigenvalue weighted by Crippen LogP contribution is 2.18. The Morgan fingerprint density at radius 2 is 1.83 bits per heavy atom. The number of hydrogen-bond acceptors (Lipinski definition) is 2. The van der Waals surface area contributed by atoms with Gasteiger partial charge in [0.2, 0.25) is 0 Å². The largest absolute Gasteiger partial charge is 0.378 e. The van der Waals surface area contributed by atoms with Crippen LogP contribution in [-0.4, -0.2) is 14.1 Å². The molecule has 0 aliphatic carbocycles. The van der Waals surface area contributed by atoms with E-state index in [0.717, 1.165) is 5.75 Å². The van der Waals surface area contributed by atoms with E-state index in [1.54, 1.807) is 0 Å². The highest BCUT2D eigenvalue weighted by Gasteiger charge is 1.95. The van der Waals surface area contributed by atoms with Gasteiger partial charge >= 0.3 is 0 Å². The van der Waals surface area contributed by atoms with Gasteiger partial charge in [0, 0.05) is 25.5 Å². The van der Waals surface area contributed by atoms with Crippen molar-refractivity contribution < 1.29 is 0 Å². The smallest absolute Gasteiger partial charge is 0.0361 e. The maximum Gasteiger partial charge on any atom is 0.0361 e. The first-order chi connectivity index (χ1) is 5.74. The average molecular weight is 202 g/mol. The molecule has 1 aromatic rings. The number of hydrogen-bond donors (Lipinski definition) is 0. The molecule has 0 radical (unpaired) electrons. The zero-order chi connectivity index (χ0) is 8.97. The lowest BCUT2D eigenvalue weighted by atomic mass is 10.2. The van der Waals surface area contributed by atoms with E-state index >= 15 is 0 Å². The van der Waals surface area contributed by atoms with Gasteiger partial charge < -0.3 is 4.90 Å². The SMILES string of the molecule is CN(C)c1ccc(CSCl)cc1. The van der Waals surface area contributed by atoms with Gasteiger partial charge in [0.25, 0.3) is 0 Å². The third-order valence-electron chi connectivity index (χ3n) is 1.67. The highest BCUT2D eigenvalue weighted by atomic mass is 35.7. The molecule has 1 rings (SSSR count). The summed E-state index contributed by atoms with van der Waals surface area (Å²) in [6.45, 7) is 0. The van der Waals surface area contributed by atoms with Crippen LogP contribution in [0.2, 0.25) is 0 Å². The van der Waals surface area contributed by atoms with Crippen LogP contribution >= 0.6 is 21.7 Å². The lowest BCUT2D eigenvalue weighted by Crippen LogP contribution is -2.08. The Bertz CT molecular complexity index is 233. The molecule has 0 heterocycles. The zero-order valence-corrected chi connectivity index (χ0v) is 8.82. The van der Waals surface area contributed by atoms with Crippen LogP contribution in [0.4, 0.5) is 5.69 Å². The predicted octanol–water partition coefficient (Wildman–Crippen LogP) is 3.14. The summed E-state index contributed by atoms with van der Waals surface area (Å²) in [6, 6.07) is 8.40. The van der Waals surface area contributed by atoms with Crippen LogP contribution in [-0.2, 0) is 5.75 Å². The molecule has 0 aliphatic rings. The van der Waals surface area contributed by atoms with Crippen molar-refractivity contribution in [1.29, 1.82) is 0 Å². The molecule has 0 aromatic heterocycles. The molecule has 1 aromatic carbocycles. The van der Waals surface area contributed by atoms with Gasteiger partial charge in [0.15, 0.2) is 0 Å². The highest BCUT2D eigenvalue weighted by molar-refractivity contribution is 8.20. The van der Waals surface area contributed by atoms with Crippen molar-refractivity contribution >= 4 is 27.3 Å². The summed E-state index contributed by atoms with van der Waals surface area (Å²) in [4.78, 5) is 2.08. The molecule has 0 amide bonds. The van der Waals surface area contributed by atoms with Crippen LogP contribution in [0.5, 0.6) is 0 Å². The van der Waals surface area contributed by atoms with E-state index in [1.165, 1.54) is 22.2 Å². The molecule has 0 saturated carbocycles. The summed E-state index contributed by atoms with van der Waals surface area (Å²) in [5.74, 6) is 0.870. The van der Waals surface area contributed by atoms with Crippen molar-refractivity contribution in [2.75, 3.05) is 19.0 Å². The molecular formula is C9H12ClNS. The van der Waals surface area contributed by atoms with Crippen LogP contribution in [0.3, 0.4) is 0 Å². The fourth-order valence-electron chi connectivity index (χ4n) is 0.953. The quantitative estimate of drug-likeness (QED) is 0.740. The number of rotatable bonds is 3. The third-order valence-corrected chi connectivity index (χ3v) is 2.44. The van der Waals surface area contributed by atoms with Gasteiger partial charge in [0.05, 0.1) is 0 Å². The monoisotopic (exact) mass is 201 g/mol. The minimum Gasteiger partial charge on any atom is -0.378 e. The van der Waals surface area contributed by atoms with Crippen molar-refractivity contribution in [2.24, 2.45) is 0 Å². The summed E-state index contributed by atoms with van der Waals surface area (Å²) in [6.07, 6.45) is 0. The molecule has 0 spiro atoms. The van der Waals surface area contributed by atoms with Crippen molar-refractivity contribution in [3.8, 4) is 0 Å². The molecule has 0 bridgehead atoms. The van der Waals surface area contributed by atoms with Crippen molar-refractivity contribution in [2.45, 2.75) is 5.75 Å². The minimum atomic E-state index is 0.870. The maximum absolute atomic E-state index is 5.54. The molecule has 66 valence electrons. The van der Waals surface area contributed by atoms with E-state index in [0.29, 0.717) is 0 Å². The Labute approximate surface area is 82.2 Å². The van der Waals surface area contributed by atoms with Crippen molar-refractivity contribution in [1.82, 2.24) is 0 Å². The number of halogens is 1. The van der Waals surface area contributed by atoms with Crippen LogP contribution in [0.25, 0.3) is 0 Å². The molecular weight excluding hydrogens is 190 g/mol. The molecule has 12 heavy (non-hydrogen) atoms. The van der Waals surface area contributed by atoms with E-state index in [9.17, 15) is 0 Å². The Morgan fingerprint density at radius 1 is 1.25 bits per heavy atom. The Balaban J connectivity index is 2.71. The summed E-state index contributed by atoms with van der Waals surface area (Å²) in [7, 11) is 10.9. The molecule has 0 unspecified atom stereocenters. The lowest BCUT2D eigenvalue weighted by molar-refractivity contribution is 1.13. The first-order valence-electron chi connectivity index (χ1n) is 3.74. The Hall–Kier alpha value is -0.340. The van der Waals surface area contributed by atoms with Gasteiger partial charge in [-0.05, 0) is 28.4 Å². The molecule has 0 aliphatic heterocycles. The van der Waals surface area contributed by atoms with Gasteiger partial charge in [-0.3, -0.25) is 0 Å². The van der Waals surface area contributed by atoms with Gasteiger partial charge in [-0.2, -0.15) is 0 Å². The molecule has 0 saturated heterocycles. The fraction of sp³-hybridized carbons (Fsp3) is 0.333. The van der Waals surface area contributed by atoms with E-state index in [2.05, 4.69) is 29.2 Å². The second-order valence-electron chi connectivity index (χ2n) is 2.81. The summed E-state index contributed by atoms with van der Waals surface area (Å²) < 4.78 is 0. The topological polar surface area (TPSA) is 3.24 Å². The zero-order valence-electron chi connectivity index (χ0n) is 7.25. The lowest BCUT2D eigenvalue weighted by Gasteiger charge is -2.12. The first kappa shape index (κ1) is 9.75. The van der Waals surface area contributed by atoms with Gasteiger partial charge in [-0.15, -0.1) is 0 Å². The fourth-order valence-corrected chi connectivity index (χ4v) is 1.65. The second-order valence-corrected chi connectivity index (χ2v) is 3.98. The Morgan fingerprint density at radius 3 is 2.25 bits per heavy atom. The van der Waals surface area contributed by atoms with Gasteiger partial charge in [-0.25, -0.2) is 0 Å². The Kier molecular flexibility index (Phi) is 3.76. The van der Waals surface area contributed by atoms with Gasteiger partial charge in [0.1, 0.15) is 0 Å². The predicted molar refractivity (Wildman–Crippen MR) is 57.9 cm³/mol. The molecule has 0 atom stereocenters. The molecule has 3 heteroatoms. The third kappa shape index (κ3) is 2.61. The van der Waals surface area contributed by atoms with Crippen molar-refractivity contribution in [3.63, 3.8) is 0 Å². The van der Waals surface area contributed by atoms with Crippen LogP contribution in [0, 0.1) is 0 Å². The molecule has 0 fully saturated rings. The summed E-state index contributed by atoms with van der Waals surface area (Å²) in [5.41, 5.74) is 2.49. The minimum absolute atomic E-state index is 0.870. The van der Waals surface area contributed by atoms with Crippen LogP contribution < -0.4 is 4.90 Å². The van der Waals surface area contributed by atoms with Crippen LogP contribution in [0.15, 0.2) is 24.3 Å². The van der Waals surface area contributed by atoms with Crippen LogP contribution in [0.1, 0.15) is 5.56 Å². The van der Waals surface area contributed by atoms with E-state index in [-0.39, 0.29) is 0 Å². The maximum atomic E-state index is 5.54. The number of anilines is 1. The normalized spacial score (nSPS) is 9.92. The van der Waals surface area contributed by atoms with E-state index < -0.39 is 0 Å². The van der Waals surface area contributed by atoms with E-state index in [4.69, 9.17) is 10.7 Å². The van der Waals surface area contributed by atoms with E-state index in [1.807, 2.05) is 14.1 Å². The van der Waals surface area contributed by atoms with Crippen molar-refractivity contribution in [3.05, 3.63) is 29.8 Å². The molecule has 0 N–H and O–H groups in total. The summed E-state index contributed by atoms with van der Waals surface area (Å²) >= 11 is 0. The first-order valence-corrected chi connectivity index (χ1v) is 5.55. The second kappa shape index (κ2) is 4.63.